The van der Waals surface area contributed by atoms with E-state index < -0.39 is 26.5 Å². The number of carbonyl (C=O) groups excluding carboxylic acids is 2. The first-order valence-electron chi connectivity index (χ1n) is 37.2. The number of ether oxygens (including phenoxy) is 2. The van der Waals surface area contributed by atoms with Crippen LogP contribution in [0.15, 0.2) is 36.5 Å². The molecule has 0 spiro atoms. The Morgan fingerprint density at radius 3 is 0.941 bits per heavy atom. The van der Waals surface area contributed by atoms with Crippen molar-refractivity contribution in [2.75, 3.05) is 47.5 Å². The molecule has 0 radical (unpaired) electrons. The van der Waals surface area contributed by atoms with Gasteiger partial charge < -0.3 is 27.9 Å². The average molecular weight is 1220 g/mol. The van der Waals surface area contributed by atoms with Gasteiger partial charge in [-0.15, -0.1) is 0 Å². The lowest BCUT2D eigenvalue weighted by Gasteiger charge is -2.28. The third kappa shape index (κ3) is 71.2. The van der Waals surface area contributed by atoms with Crippen molar-refractivity contribution in [1.82, 2.24) is 0 Å². The van der Waals surface area contributed by atoms with Crippen LogP contribution in [0.3, 0.4) is 0 Å². The zero-order valence-corrected chi connectivity index (χ0v) is 58.2. The van der Waals surface area contributed by atoms with Crippen molar-refractivity contribution >= 4 is 19.8 Å². The minimum absolute atomic E-state index is 0.0276. The largest absolute Gasteiger partial charge is 0.756 e. The number of unbranched alkanes of at least 4 members (excludes halogenated alkanes) is 50. The third-order valence-corrected chi connectivity index (χ3v) is 17.9. The van der Waals surface area contributed by atoms with E-state index in [0.29, 0.717) is 17.4 Å². The number of phosphoric acid groups is 1. The van der Waals surface area contributed by atoms with Crippen molar-refractivity contribution in [2.24, 2.45) is 0 Å². The highest BCUT2D eigenvalue weighted by molar-refractivity contribution is 7.45. The van der Waals surface area contributed by atoms with E-state index >= 15 is 0 Å². The van der Waals surface area contributed by atoms with E-state index in [9.17, 15) is 19.0 Å². The van der Waals surface area contributed by atoms with E-state index in [4.69, 9.17) is 18.5 Å². The molecule has 0 aliphatic rings. The number of allylic oxidation sites excluding steroid dienone is 6. The molecular weight excluding hydrogens is 1070 g/mol. The van der Waals surface area contributed by atoms with Gasteiger partial charge in [0.2, 0.25) is 0 Å². The number of nitrogens with zero attached hydrogens (tertiary/aromatic N) is 1. The second kappa shape index (κ2) is 66.6. The lowest BCUT2D eigenvalue weighted by Crippen LogP contribution is -2.37. The van der Waals surface area contributed by atoms with Crippen LogP contribution in [0.2, 0.25) is 0 Å². The molecule has 0 amide bonds. The van der Waals surface area contributed by atoms with E-state index in [1.807, 2.05) is 21.1 Å². The third-order valence-electron chi connectivity index (χ3n) is 16.9. The van der Waals surface area contributed by atoms with Gasteiger partial charge in [-0.2, -0.15) is 0 Å². The van der Waals surface area contributed by atoms with Crippen molar-refractivity contribution in [3.63, 3.8) is 0 Å². The Morgan fingerprint density at radius 1 is 0.365 bits per heavy atom. The summed E-state index contributed by atoms with van der Waals surface area (Å²) in [6.45, 7) is 4.31. The van der Waals surface area contributed by atoms with E-state index in [1.165, 1.54) is 302 Å². The molecule has 0 N–H and O–H groups in total. The van der Waals surface area contributed by atoms with E-state index in [2.05, 4.69) is 50.3 Å². The predicted octanol–water partition coefficient (Wildman–Crippen LogP) is 23.6. The molecule has 0 aromatic rings. The zero-order valence-electron chi connectivity index (χ0n) is 57.3. The maximum atomic E-state index is 12.9. The highest BCUT2D eigenvalue weighted by atomic mass is 31.2. The molecule has 0 aliphatic heterocycles. The van der Waals surface area contributed by atoms with Crippen LogP contribution in [0.25, 0.3) is 0 Å². The first kappa shape index (κ1) is 83.2. The smallest absolute Gasteiger partial charge is 0.306 e. The molecule has 2 unspecified atom stereocenters. The van der Waals surface area contributed by atoms with Gasteiger partial charge in [-0.05, 0) is 51.4 Å². The molecule has 9 nitrogen and oxygen atoms in total. The zero-order chi connectivity index (χ0) is 61.9. The minimum Gasteiger partial charge on any atom is -0.756 e. The Hall–Kier alpha value is -1.77. The van der Waals surface area contributed by atoms with Crippen molar-refractivity contribution in [1.29, 1.82) is 0 Å². The monoisotopic (exact) mass is 1220 g/mol. The highest BCUT2D eigenvalue weighted by Crippen LogP contribution is 2.38. The molecule has 0 fully saturated rings. The topological polar surface area (TPSA) is 111 Å². The normalized spacial score (nSPS) is 13.2. The molecule has 0 heterocycles. The Morgan fingerprint density at radius 2 is 0.635 bits per heavy atom. The molecule has 10 heteroatoms. The number of carbonyl (C=O) groups is 2. The first-order chi connectivity index (χ1) is 41.5. The summed E-state index contributed by atoms with van der Waals surface area (Å²) >= 11 is 0. The fourth-order valence-corrected chi connectivity index (χ4v) is 11.9. The fraction of sp³-hybridized carbons (Fsp3) is 0.893. The van der Waals surface area contributed by atoms with Crippen LogP contribution < -0.4 is 4.89 Å². The van der Waals surface area contributed by atoms with Gasteiger partial charge in [-0.3, -0.25) is 14.2 Å². The van der Waals surface area contributed by atoms with Crippen LogP contribution in [-0.2, 0) is 32.7 Å². The number of quaternary nitrogens is 1. The first-order valence-corrected chi connectivity index (χ1v) is 38.7. The highest BCUT2D eigenvalue weighted by Gasteiger charge is 2.22. The van der Waals surface area contributed by atoms with Crippen LogP contribution in [0.4, 0.5) is 0 Å². The van der Waals surface area contributed by atoms with Crippen molar-refractivity contribution in [3.8, 4) is 0 Å². The molecule has 0 aliphatic carbocycles. The number of likely N-dealkylation sites (N-methyl/N-ethyl adjacent to an activating group) is 1. The van der Waals surface area contributed by atoms with Gasteiger partial charge in [-0.1, -0.05) is 352 Å². The summed E-state index contributed by atoms with van der Waals surface area (Å²) in [5.41, 5.74) is 0. The molecule has 0 saturated carbocycles. The lowest BCUT2D eigenvalue weighted by molar-refractivity contribution is -0.870. The fourth-order valence-electron chi connectivity index (χ4n) is 11.2. The second-order valence-electron chi connectivity index (χ2n) is 26.7. The lowest BCUT2D eigenvalue weighted by atomic mass is 10.0. The summed E-state index contributed by atoms with van der Waals surface area (Å²) in [5.74, 6) is -0.809. The van der Waals surface area contributed by atoms with Crippen molar-refractivity contribution in [3.05, 3.63) is 36.5 Å². The van der Waals surface area contributed by atoms with Crippen LogP contribution in [0.5, 0.6) is 0 Å². The van der Waals surface area contributed by atoms with Crippen LogP contribution in [-0.4, -0.2) is 70.0 Å². The molecular formula is C75H144NO8P. The Balaban J connectivity index is 3.96. The summed E-state index contributed by atoms with van der Waals surface area (Å²) < 4.78 is 34.4. The summed E-state index contributed by atoms with van der Waals surface area (Å²) in [6.07, 6.45) is 85.3. The minimum atomic E-state index is -4.64. The van der Waals surface area contributed by atoms with Gasteiger partial charge in [0.25, 0.3) is 7.82 Å². The molecule has 0 aromatic heterocycles. The van der Waals surface area contributed by atoms with Gasteiger partial charge in [0.15, 0.2) is 6.10 Å². The Labute approximate surface area is 529 Å². The van der Waals surface area contributed by atoms with Gasteiger partial charge in [0.05, 0.1) is 27.7 Å². The number of hydrogen-bond donors (Lipinski definition) is 0. The predicted molar refractivity (Wildman–Crippen MR) is 365 cm³/mol. The quantitative estimate of drug-likeness (QED) is 0.0195. The van der Waals surface area contributed by atoms with Crippen LogP contribution in [0.1, 0.15) is 380 Å². The molecule has 2 atom stereocenters. The van der Waals surface area contributed by atoms with Crippen LogP contribution in [0, 0.1) is 0 Å². The van der Waals surface area contributed by atoms with Gasteiger partial charge >= 0.3 is 11.9 Å². The average Bonchev–Trinajstić information content (AvgIpc) is 3.54. The summed E-state index contributed by atoms with van der Waals surface area (Å²) in [4.78, 5) is 38.1. The number of esters is 2. The van der Waals surface area contributed by atoms with Crippen molar-refractivity contribution in [2.45, 2.75) is 386 Å². The summed E-state index contributed by atoms with van der Waals surface area (Å²) in [6, 6.07) is 0. The Bertz CT molecular complexity index is 1530. The molecule has 0 rings (SSSR count). The molecule has 0 bridgehead atoms. The molecule has 0 saturated heterocycles. The molecule has 0 aromatic carbocycles. The number of hydrogen-bond acceptors (Lipinski definition) is 8. The van der Waals surface area contributed by atoms with Gasteiger partial charge in [0, 0.05) is 12.8 Å². The Kier molecular flexibility index (Phi) is 65.3. The molecule has 85 heavy (non-hydrogen) atoms. The second-order valence-corrected chi connectivity index (χ2v) is 28.1. The number of rotatable bonds is 70. The van der Waals surface area contributed by atoms with Crippen LogP contribution >= 0.6 is 7.82 Å². The number of phosphoric ester groups is 1. The van der Waals surface area contributed by atoms with Gasteiger partial charge in [0.1, 0.15) is 19.8 Å². The summed E-state index contributed by atoms with van der Waals surface area (Å²) in [7, 11) is 1.19. The summed E-state index contributed by atoms with van der Waals surface area (Å²) in [5, 5.41) is 0. The van der Waals surface area contributed by atoms with Crippen molar-refractivity contribution < 1.29 is 42.1 Å². The molecule has 502 valence electrons. The maximum absolute atomic E-state index is 12.9. The van der Waals surface area contributed by atoms with E-state index in [1.54, 1.807) is 0 Å². The SMILES string of the molecule is CCCCCCC/C=C\C/C=C\C/C=C\CCCCCCCCCCCCCCCCCCCCC(=O)OC(COC(=O)CCCCCCCCCCCCCCCCCCCCCCCCCCCCCC)COP(=O)([O-])OCC[N+](C)(C)C. The van der Waals surface area contributed by atoms with E-state index in [0.717, 1.165) is 44.9 Å². The van der Waals surface area contributed by atoms with Gasteiger partial charge in [-0.25, -0.2) is 0 Å². The standard InChI is InChI=1S/C75H144NO8P/c1-6-8-10-12-14-16-18-20-22-24-26-28-30-32-34-36-37-38-39-40-42-44-46-48-50-52-54-56-58-60-62-64-66-68-75(78)84-73(72-83-85(79,80)82-70-69-76(3,4)5)71-81-74(77)67-65-63-61-59-57-55-53-51-49-47-45-43-41-35-33-31-29-27-25-23-21-19-17-15-13-11-9-7-2/h18,20,24,26,30,32,73H,6-17,19,21-23,25,27-29,31,33-72H2,1-5H3/b20-18-,26-24-,32-30-. The van der Waals surface area contributed by atoms with E-state index in [-0.39, 0.29) is 32.0 Å². The maximum Gasteiger partial charge on any atom is 0.306 e.